The molecule has 2 heterocycles. The summed E-state index contributed by atoms with van der Waals surface area (Å²) < 4.78 is 0.850. The number of rotatable bonds is 5. The van der Waals surface area contributed by atoms with Crippen molar-refractivity contribution in [1.82, 2.24) is 9.80 Å². The maximum absolute atomic E-state index is 6.41. The summed E-state index contributed by atoms with van der Waals surface area (Å²) in [6.45, 7) is 4.50. The summed E-state index contributed by atoms with van der Waals surface area (Å²) in [4.78, 5) is 6.19. The van der Waals surface area contributed by atoms with Crippen LogP contribution in [0, 0.1) is 0 Å². The van der Waals surface area contributed by atoms with E-state index in [1.54, 1.807) is 11.3 Å². The van der Waals surface area contributed by atoms with Crippen molar-refractivity contribution in [2.24, 2.45) is 5.73 Å². The van der Waals surface area contributed by atoms with Gasteiger partial charge in [0.2, 0.25) is 0 Å². The molecule has 3 unspecified atom stereocenters. The summed E-state index contributed by atoms with van der Waals surface area (Å²) in [5.41, 5.74) is 6.41. The average Bonchev–Trinajstić information content (AvgIpc) is 2.85. The first-order chi connectivity index (χ1) is 9.52. The number of likely N-dealkylation sites (N-methyl/N-ethyl adjacent to an activating group) is 2. The highest BCUT2D eigenvalue weighted by Gasteiger charge is 2.31. The Morgan fingerprint density at radius 2 is 2.30 bits per heavy atom. The van der Waals surface area contributed by atoms with E-state index in [0.717, 1.165) is 17.3 Å². The molecule has 3 nitrogen and oxygen atoms in total. The van der Waals surface area contributed by atoms with Gasteiger partial charge in [-0.2, -0.15) is 0 Å². The van der Waals surface area contributed by atoms with Crippen molar-refractivity contribution in [2.45, 2.75) is 44.3 Å². The van der Waals surface area contributed by atoms with Crippen LogP contribution in [-0.2, 0) is 0 Å². The van der Waals surface area contributed by atoms with Gasteiger partial charge in [0, 0.05) is 23.5 Å². The van der Waals surface area contributed by atoms with Crippen LogP contribution in [0.4, 0.5) is 0 Å². The molecule has 2 rings (SSSR count). The first-order valence-corrected chi connectivity index (χ1v) is 8.63. The third-order valence-corrected chi connectivity index (χ3v) is 5.68. The van der Waals surface area contributed by atoms with E-state index in [-0.39, 0.29) is 12.1 Å². The molecular weight excluding hydrogens is 290 g/mol. The largest absolute Gasteiger partial charge is 0.326 e. The Kier molecular flexibility index (Phi) is 5.87. The molecule has 20 heavy (non-hydrogen) atoms. The van der Waals surface area contributed by atoms with Crippen LogP contribution in [-0.4, -0.2) is 49.1 Å². The molecule has 1 aromatic rings. The molecule has 3 atom stereocenters. The Hall–Kier alpha value is -0.130. The van der Waals surface area contributed by atoms with Crippen molar-refractivity contribution in [3.8, 4) is 0 Å². The number of nitrogens with zero attached hydrogens (tertiary/aromatic N) is 2. The maximum Gasteiger partial charge on any atom is 0.0931 e. The van der Waals surface area contributed by atoms with Gasteiger partial charge in [0.25, 0.3) is 0 Å². The average molecular weight is 316 g/mol. The summed E-state index contributed by atoms with van der Waals surface area (Å²) in [6.07, 6.45) is 3.50. The zero-order valence-electron chi connectivity index (χ0n) is 12.7. The number of hydrogen-bond donors (Lipinski definition) is 1. The van der Waals surface area contributed by atoms with Gasteiger partial charge in [0.1, 0.15) is 0 Å². The second-order valence-corrected chi connectivity index (χ2v) is 7.63. The van der Waals surface area contributed by atoms with Crippen molar-refractivity contribution in [3.63, 3.8) is 0 Å². The van der Waals surface area contributed by atoms with E-state index >= 15 is 0 Å². The maximum atomic E-state index is 6.41. The zero-order chi connectivity index (χ0) is 14.7. The van der Waals surface area contributed by atoms with Crippen molar-refractivity contribution in [3.05, 3.63) is 21.3 Å². The number of nitrogens with two attached hydrogens (primary N) is 1. The van der Waals surface area contributed by atoms with E-state index in [4.69, 9.17) is 17.3 Å². The predicted molar refractivity (Wildman–Crippen MR) is 88.6 cm³/mol. The molecule has 0 aromatic carbocycles. The highest BCUT2D eigenvalue weighted by molar-refractivity contribution is 7.16. The number of piperidine rings is 1. The topological polar surface area (TPSA) is 32.5 Å². The molecule has 0 spiro atoms. The molecule has 0 bridgehead atoms. The van der Waals surface area contributed by atoms with E-state index in [1.165, 1.54) is 24.3 Å². The SMILES string of the molecule is CCC(N)C(c1ccc(Cl)s1)N(C)C1CCCN(C)C1. The van der Waals surface area contributed by atoms with Crippen LogP contribution in [0.2, 0.25) is 4.34 Å². The summed E-state index contributed by atoms with van der Waals surface area (Å²) in [5.74, 6) is 0. The standard InChI is InChI=1S/C15H26ClN3S/c1-4-12(17)15(13-7-8-14(16)20-13)19(3)11-6-5-9-18(2)10-11/h7-8,11-12,15H,4-6,9-10,17H2,1-3H3. The van der Waals surface area contributed by atoms with Gasteiger partial charge >= 0.3 is 0 Å². The molecule has 0 amide bonds. The quantitative estimate of drug-likeness (QED) is 0.905. The minimum Gasteiger partial charge on any atom is -0.326 e. The smallest absolute Gasteiger partial charge is 0.0931 e. The minimum atomic E-state index is 0.155. The molecule has 0 radical (unpaired) electrons. The van der Waals surface area contributed by atoms with Gasteiger partial charge < -0.3 is 10.6 Å². The van der Waals surface area contributed by atoms with E-state index < -0.39 is 0 Å². The van der Waals surface area contributed by atoms with Crippen molar-refractivity contribution >= 4 is 22.9 Å². The molecule has 114 valence electrons. The Balaban J connectivity index is 2.17. The molecule has 1 aromatic heterocycles. The molecule has 0 saturated carbocycles. The second kappa shape index (κ2) is 7.23. The van der Waals surface area contributed by atoms with E-state index in [1.807, 2.05) is 6.07 Å². The molecule has 5 heteroatoms. The number of thiophene rings is 1. The highest BCUT2D eigenvalue weighted by Crippen LogP contribution is 2.34. The monoisotopic (exact) mass is 315 g/mol. The fourth-order valence-electron chi connectivity index (χ4n) is 3.12. The number of halogens is 1. The molecule has 1 fully saturated rings. The number of likely N-dealkylation sites (tertiary alicyclic amines) is 1. The van der Waals surface area contributed by atoms with E-state index in [2.05, 4.69) is 36.9 Å². The molecular formula is C15H26ClN3S. The van der Waals surface area contributed by atoms with Crippen LogP contribution in [0.3, 0.4) is 0 Å². The first-order valence-electron chi connectivity index (χ1n) is 7.44. The molecule has 2 N–H and O–H groups in total. The van der Waals surface area contributed by atoms with E-state index in [9.17, 15) is 0 Å². The zero-order valence-corrected chi connectivity index (χ0v) is 14.3. The van der Waals surface area contributed by atoms with Gasteiger partial charge in [0.15, 0.2) is 0 Å². The predicted octanol–water partition coefficient (Wildman–Crippen LogP) is 3.21. The van der Waals surface area contributed by atoms with Gasteiger partial charge in [-0.15, -0.1) is 11.3 Å². The lowest BCUT2D eigenvalue weighted by atomic mass is 9.98. The van der Waals surface area contributed by atoms with Gasteiger partial charge in [-0.25, -0.2) is 0 Å². The van der Waals surface area contributed by atoms with Crippen molar-refractivity contribution in [2.75, 3.05) is 27.2 Å². The third-order valence-electron chi connectivity index (χ3n) is 4.38. The lowest BCUT2D eigenvalue weighted by Crippen LogP contribution is -2.49. The van der Waals surface area contributed by atoms with Crippen LogP contribution in [0.25, 0.3) is 0 Å². The van der Waals surface area contributed by atoms with Crippen LogP contribution >= 0.6 is 22.9 Å². The summed E-state index contributed by atoms with van der Waals surface area (Å²) >= 11 is 7.78. The Bertz CT molecular complexity index is 423. The minimum absolute atomic E-state index is 0.155. The van der Waals surface area contributed by atoms with Gasteiger partial charge in [-0.1, -0.05) is 18.5 Å². The fraction of sp³-hybridized carbons (Fsp3) is 0.733. The third kappa shape index (κ3) is 3.74. The second-order valence-electron chi connectivity index (χ2n) is 5.88. The van der Waals surface area contributed by atoms with Crippen LogP contribution in [0.5, 0.6) is 0 Å². The molecule has 1 saturated heterocycles. The molecule has 1 aliphatic heterocycles. The Morgan fingerprint density at radius 3 is 2.85 bits per heavy atom. The number of hydrogen-bond acceptors (Lipinski definition) is 4. The molecule has 0 aliphatic carbocycles. The molecule has 1 aliphatic rings. The highest BCUT2D eigenvalue weighted by atomic mass is 35.5. The van der Waals surface area contributed by atoms with Crippen molar-refractivity contribution in [1.29, 1.82) is 0 Å². The normalized spacial score (nSPS) is 24.0. The Morgan fingerprint density at radius 1 is 1.55 bits per heavy atom. The van der Waals surface area contributed by atoms with Gasteiger partial charge in [-0.05, 0) is 52.0 Å². The lowest BCUT2D eigenvalue weighted by Gasteiger charge is -2.41. The van der Waals surface area contributed by atoms with Gasteiger partial charge in [-0.3, -0.25) is 4.90 Å². The summed E-state index contributed by atoms with van der Waals surface area (Å²) in [6, 6.07) is 5.13. The van der Waals surface area contributed by atoms with Crippen molar-refractivity contribution < 1.29 is 0 Å². The van der Waals surface area contributed by atoms with Crippen LogP contribution < -0.4 is 5.73 Å². The van der Waals surface area contributed by atoms with E-state index in [0.29, 0.717) is 6.04 Å². The summed E-state index contributed by atoms with van der Waals surface area (Å²) in [5, 5.41) is 0. The summed E-state index contributed by atoms with van der Waals surface area (Å²) in [7, 11) is 4.43. The van der Waals surface area contributed by atoms with Crippen LogP contribution in [0.15, 0.2) is 12.1 Å². The fourth-order valence-corrected chi connectivity index (χ4v) is 4.41. The van der Waals surface area contributed by atoms with Crippen LogP contribution in [0.1, 0.15) is 37.1 Å². The first kappa shape index (κ1) is 16.2. The lowest BCUT2D eigenvalue weighted by molar-refractivity contribution is 0.0875. The van der Waals surface area contributed by atoms with Gasteiger partial charge in [0.05, 0.1) is 10.4 Å². The Labute approximate surface area is 131 Å².